The van der Waals surface area contributed by atoms with Gasteiger partial charge in [0.2, 0.25) is 0 Å². The van der Waals surface area contributed by atoms with Gasteiger partial charge in [0.1, 0.15) is 0 Å². The summed E-state index contributed by atoms with van der Waals surface area (Å²) in [5, 5.41) is 0. The smallest absolute Gasteiger partial charge is 0.0218 e. The number of benzene rings is 1. The number of rotatable bonds is 15. The number of hydrogen-bond acceptors (Lipinski definition) is 1. The first-order valence-corrected chi connectivity index (χ1v) is 11.0. The van der Waals surface area contributed by atoms with Crippen LogP contribution in [0.5, 0.6) is 0 Å². The molecule has 152 valence electrons. The van der Waals surface area contributed by atoms with E-state index in [0.29, 0.717) is 5.92 Å². The van der Waals surface area contributed by atoms with E-state index in [9.17, 15) is 0 Å². The molecule has 1 unspecified atom stereocenters. The number of nitrogens with two attached hydrogens (primary N) is 1. The lowest BCUT2D eigenvalue weighted by Gasteiger charge is -2.37. The summed E-state index contributed by atoms with van der Waals surface area (Å²) in [7, 11) is 0. The summed E-state index contributed by atoms with van der Waals surface area (Å²) in [6.45, 7) is 6.78. The van der Waals surface area contributed by atoms with Crippen molar-refractivity contribution >= 4 is 0 Å². The van der Waals surface area contributed by atoms with Crippen molar-refractivity contribution in [1.82, 2.24) is 0 Å². The fraction of sp³-hybridized carbons (Fsp3) is 0.750. The van der Waals surface area contributed by atoms with Crippen molar-refractivity contribution in [2.75, 3.05) is 0 Å². The maximum absolute atomic E-state index is 6.79. The van der Waals surface area contributed by atoms with Crippen LogP contribution in [-0.2, 0) is 0 Å². The Hall–Kier alpha value is -0.860. The average Bonchev–Trinajstić information content (AvgIpc) is 2.66. The molecule has 1 atom stereocenters. The van der Waals surface area contributed by atoms with Crippen LogP contribution >= 0.6 is 0 Å². The van der Waals surface area contributed by atoms with Crippen molar-refractivity contribution in [2.45, 2.75) is 116 Å². The molecule has 0 radical (unpaired) electrons. The molecule has 0 saturated heterocycles. The van der Waals surface area contributed by atoms with E-state index in [2.05, 4.69) is 51.1 Å². The molecule has 1 rings (SSSR count). The third-order valence-electron chi connectivity index (χ3n) is 6.06. The highest BCUT2D eigenvalue weighted by molar-refractivity contribution is 5.23. The molecule has 0 aliphatic rings. The van der Waals surface area contributed by atoms with Gasteiger partial charge < -0.3 is 11.2 Å². The maximum Gasteiger partial charge on any atom is 0.0218 e. The Labute approximate surface area is 163 Å². The van der Waals surface area contributed by atoms with Crippen LogP contribution in [0.4, 0.5) is 0 Å². The second kappa shape index (κ2) is 15.2. The van der Waals surface area contributed by atoms with Crippen LogP contribution in [0.3, 0.4) is 0 Å². The van der Waals surface area contributed by atoms with Gasteiger partial charge in [0.15, 0.2) is 0 Å². The summed E-state index contributed by atoms with van der Waals surface area (Å²) < 4.78 is 0. The van der Waals surface area contributed by atoms with Gasteiger partial charge in [-0.15, -0.1) is 0 Å². The van der Waals surface area contributed by atoms with Crippen molar-refractivity contribution in [3.8, 4) is 0 Å². The molecule has 0 heterocycles. The van der Waals surface area contributed by atoms with Gasteiger partial charge in [0.25, 0.3) is 0 Å². The first-order valence-electron chi connectivity index (χ1n) is 11.0. The van der Waals surface area contributed by atoms with E-state index in [1.165, 1.54) is 76.2 Å². The van der Waals surface area contributed by atoms with Crippen LogP contribution in [0.2, 0.25) is 0 Å². The van der Waals surface area contributed by atoms with Crippen molar-refractivity contribution < 1.29 is 5.48 Å². The summed E-state index contributed by atoms with van der Waals surface area (Å²) in [6, 6.07) is 11.0. The van der Waals surface area contributed by atoms with Crippen LogP contribution in [-0.4, -0.2) is 11.0 Å². The summed E-state index contributed by atoms with van der Waals surface area (Å²) in [4.78, 5) is 0. The largest absolute Gasteiger partial charge is 0.412 e. The van der Waals surface area contributed by atoms with Crippen molar-refractivity contribution in [3.63, 3.8) is 0 Å². The molecule has 0 aromatic heterocycles. The lowest BCUT2D eigenvalue weighted by atomic mass is 9.73. The van der Waals surface area contributed by atoms with Gasteiger partial charge >= 0.3 is 0 Å². The average molecular weight is 364 g/mol. The molecule has 26 heavy (non-hydrogen) atoms. The monoisotopic (exact) mass is 363 g/mol. The predicted molar refractivity (Wildman–Crippen MR) is 117 cm³/mol. The molecule has 1 aromatic carbocycles. The van der Waals surface area contributed by atoms with Crippen LogP contribution in [0.25, 0.3) is 0 Å². The zero-order valence-corrected chi connectivity index (χ0v) is 17.7. The van der Waals surface area contributed by atoms with E-state index in [0.717, 1.165) is 12.8 Å². The van der Waals surface area contributed by atoms with Crippen molar-refractivity contribution in [3.05, 3.63) is 35.9 Å². The van der Waals surface area contributed by atoms with Crippen LogP contribution in [0, 0.1) is 0 Å². The molecule has 0 amide bonds. The minimum absolute atomic E-state index is 0. The maximum atomic E-state index is 6.79. The number of unbranched alkanes of at least 4 members (excludes halogenated alkanes) is 9. The Morgan fingerprint density at radius 1 is 0.731 bits per heavy atom. The van der Waals surface area contributed by atoms with E-state index in [-0.39, 0.29) is 11.0 Å². The highest BCUT2D eigenvalue weighted by Crippen LogP contribution is 2.36. The summed E-state index contributed by atoms with van der Waals surface area (Å²) in [5.74, 6) is 0.498. The summed E-state index contributed by atoms with van der Waals surface area (Å²) in [5.41, 5.74) is 8.17. The van der Waals surface area contributed by atoms with E-state index in [4.69, 9.17) is 5.73 Å². The quantitative estimate of drug-likeness (QED) is 0.343. The lowest BCUT2D eigenvalue weighted by molar-refractivity contribution is 0.300. The Balaban J connectivity index is 0.00000625. The second-order valence-electron chi connectivity index (χ2n) is 7.87. The highest BCUT2D eigenvalue weighted by atomic mass is 16.0. The molecule has 4 N–H and O–H groups in total. The predicted octanol–water partition coefficient (Wildman–Crippen LogP) is 6.77. The Kier molecular flexibility index (Phi) is 14.7. The molecule has 2 nitrogen and oxygen atoms in total. The molecule has 0 aliphatic heterocycles. The van der Waals surface area contributed by atoms with Crippen LogP contribution in [0.15, 0.2) is 30.3 Å². The Bertz CT molecular complexity index is 413. The third-order valence-corrected chi connectivity index (χ3v) is 6.06. The lowest BCUT2D eigenvalue weighted by Crippen LogP contribution is -2.44. The molecule has 0 spiro atoms. The van der Waals surface area contributed by atoms with Crippen LogP contribution < -0.4 is 5.73 Å². The molecule has 0 saturated carbocycles. The first kappa shape index (κ1) is 25.1. The normalized spacial score (nSPS) is 12.6. The van der Waals surface area contributed by atoms with Gasteiger partial charge in [-0.05, 0) is 24.8 Å². The number of hydrogen-bond donors (Lipinski definition) is 1. The van der Waals surface area contributed by atoms with Gasteiger partial charge in [0.05, 0.1) is 0 Å². The van der Waals surface area contributed by atoms with E-state index < -0.39 is 0 Å². The van der Waals surface area contributed by atoms with Crippen molar-refractivity contribution in [1.29, 1.82) is 0 Å². The Morgan fingerprint density at radius 2 is 1.19 bits per heavy atom. The standard InChI is InChI=1S/C24H43N.H2O/c1-4-7-8-9-10-11-12-13-14-18-21-23(24(25,5-2)6-3)22-19-16-15-17-20-22;/h15-17,19-20,23H,4-14,18,21,25H2,1-3H3;1H2. The molecular weight excluding hydrogens is 318 g/mol. The molecule has 1 aromatic rings. The molecule has 0 fully saturated rings. The van der Waals surface area contributed by atoms with E-state index in [1.807, 2.05) is 0 Å². The van der Waals surface area contributed by atoms with Gasteiger partial charge in [-0.25, -0.2) is 0 Å². The SMILES string of the molecule is CCCCCCCCCCCCC(c1ccccc1)C(N)(CC)CC.O. The van der Waals surface area contributed by atoms with Crippen LogP contribution in [0.1, 0.15) is 116 Å². The zero-order chi connectivity index (χ0) is 18.4. The molecule has 2 heteroatoms. The highest BCUT2D eigenvalue weighted by Gasteiger charge is 2.32. The van der Waals surface area contributed by atoms with Crippen molar-refractivity contribution in [2.24, 2.45) is 5.73 Å². The molecular formula is C24H45NO. The second-order valence-corrected chi connectivity index (χ2v) is 7.87. The van der Waals surface area contributed by atoms with Gasteiger partial charge in [-0.1, -0.05) is 115 Å². The van der Waals surface area contributed by atoms with E-state index in [1.54, 1.807) is 0 Å². The Morgan fingerprint density at radius 3 is 1.65 bits per heavy atom. The summed E-state index contributed by atoms with van der Waals surface area (Å²) in [6.07, 6.45) is 17.3. The fourth-order valence-electron chi connectivity index (χ4n) is 4.05. The van der Waals surface area contributed by atoms with Gasteiger partial charge in [-0.3, -0.25) is 0 Å². The van der Waals surface area contributed by atoms with Gasteiger partial charge in [-0.2, -0.15) is 0 Å². The molecule has 0 bridgehead atoms. The molecule has 0 aliphatic carbocycles. The summed E-state index contributed by atoms with van der Waals surface area (Å²) >= 11 is 0. The zero-order valence-electron chi connectivity index (χ0n) is 17.7. The minimum atomic E-state index is -0.0549. The topological polar surface area (TPSA) is 57.5 Å². The third kappa shape index (κ3) is 9.19. The van der Waals surface area contributed by atoms with Gasteiger partial charge in [0, 0.05) is 11.5 Å². The fourth-order valence-corrected chi connectivity index (χ4v) is 4.05. The first-order chi connectivity index (χ1) is 12.2. The minimum Gasteiger partial charge on any atom is -0.412 e. The van der Waals surface area contributed by atoms with E-state index >= 15 is 0 Å².